The van der Waals surface area contributed by atoms with Crippen molar-refractivity contribution in [2.75, 3.05) is 13.7 Å². The smallest absolute Gasteiger partial charge is 0.320 e. The average molecular weight is 245 g/mol. The van der Waals surface area contributed by atoms with E-state index < -0.39 is 22.5 Å². The maximum Gasteiger partial charge on any atom is 0.320 e. The number of carbonyl (C=O) groups excluding carboxylic acids is 1. The molecule has 0 heterocycles. The van der Waals surface area contributed by atoms with Crippen LogP contribution in [0.4, 0.5) is 0 Å². The van der Waals surface area contributed by atoms with E-state index in [1.54, 1.807) is 0 Å². The lowest BCUT2D eigenvalue weighted by Crippen LogP contribution is -2.30. The number of phenols is 1. The number of benzene rings is 1. The van der Waals surface area contributed by atoms with Crippen LogP contribution < -0.4 is 4.72 Å². The van der Waals surface area contributed by atoms with Crippen molar-refractivity contribution in [3.05, 3.63) is 24.3 Å². The molecule has 1 aromatic rings. The van der Waals surface area contributed by atoms with Gasteiger partial charge in [-0.2, -0.15) is 4.72 Å². The van der Waals surface area contributed by atoms with Gasteiger partial charge in [-0.3, -0.25) is 4.79 Å². The average Bonchev–Trinajstić information content (AvgIpc) is 2.26. The topological polar surface area (TPSA) is 92.7 Å². The number of aromatic hydroxyl groups is 1. The molecule has 88 valence electrons. The first-order valence-corrected chi connectivity index (χ1v) is 5.79. The normalized spacial score (nSPS) is 11.1. The number of hydrogen-bond acceptors (Lipinski definition) is 5. The zero-order chi connectivity index (χ0) is 12.2. The van der Waals surface area contributed by atoms with E-state index in [0.29, 0.717) is 0 Å². The van der Waals surface area contributed by atoms with Crippen molar-refractivity contribution in [1.29, 1.82) is 0 Å². The minimum Gasteiger partial charge on any atom is -0.508 e. The molecule has 0 aromatic heterocycles. The molecule has 0 spiro atoms. The number of hydrogen-bond donors (Lipinski definition) is 2. The highest BCUT2D eigenvalue weighted by atomic mass is 32.2. The SMILES string of the molecule is COC(=O)CNS(=O)(=O)c1ccc(O)cc1. The molecule has 0 bridgehead atoms. The molecule has 1 rings (SSSR count). The predicted molar refractivity (Wildman–Crippen MR) is 55.3 cm³/mol. The number of rotatable bonds is 4. The lowest BCUT2D eigenvalue weighted by molar-refractivity contribution is -0.139. The highest BCUT2D eigenvalue weighted by molar-refractivity contribution is 7.89. The standard InChI is InChI=1S/C9H11NO5S/c1-15-9(12)6-10-16(13,14)8-4-2-7(11)3-5-8/h2-5,10-11H,6H2,1H3. The summed E-state index contributed by atoms with van der Waals surface area (Å²) in [6, 6.07) is 4.95. The van der Waals surface area contributed by atoms with Crippen LogP contribution in [0.25, 0.3) is 0 Å². The van der Waals surface area contributed by atoms with Crippen LogP contribution in [0.3, 0.4) is 0 Å². The molecule has 0 atom stereocenters. The summed E-state index contributed by atoms with van der Waals surface area (Å²) in [5.74, 6) is -0.714. The zero-order valence-electron chi connectivity index (χ0n) is 8.50. The van der Waals surface area contributed by atoms with Gasteiger partial charge in [0, 0.05) is 0 Å². The fraction of sp³-hybridized carbons (Fsp3) is 0.222. The molecule has 0 amide bonds. The molecule has 2 N–H and O–H groups in total. The Morgan fingerprint density at radius 3 is 2.44 bits per heavy atom. The van der Waals surface area contributed by atoms with Crippen molar-refractivity contribution in [1.82, 2.24) is 4.72 Å². The summed E-state index contributed by atoms with van der Waals surface area (Å²) in [7, 11) is -2.58. The highest BCUT2D eigenvalue weighted by Crippen LogP contribution is 2.13. The molecule has 0 saturated carbocycles. The molecule has 1 aromatic carbocycles. The van der Waals surface area contributed by atoms with Gasteiger partial charge in [0.1, 0.15) is 12.3 Å². The number of ether oxygens (including phenoxy) is 1. The van der Waals surface area contributed by atoms with Crippen molar-refractivity contribution >= 4 is 16.0 Å². The Kier molecular flexibility index (Phi) is 3.86. The van der Waals surface area contributed by atoms with Gasteiger partial charge in [0.25, 0.3) is 0 Å². The fourth-order valence-corrected chi connectivity index (χ4v) is 1.90. The van der Waals surface area contributed by atoms with Gasteiger partial charge in [0.05, 0.1) is 12.0 Å². The Morgan fingerprint density at radius 1 is 1.38 bits per heavy atom. The maximum absolute atomic E-state index is 11.6. The van der Waals surface area contributed by atoms with Crippen LogP contribution in [0.15, 0.2) is 29.2 Å². The molecule has 0 unspecified atom stereocenters. The number of phenolic OH excluding ortho intramolecular Hbond substituents is 1. The number of methoxy groups -OCH3 is 1. The summed E-state index contributed by atoms with van der Waals surface area (Å²) in [5, 5.41) is 8.99. The number of esters is 1. The molecule has 0 aliphatic heterocycles. The first kappa shape index (κ1) is 12.5. The molecule has 0 aliphatic rings. The number of nitrogens with one attached hydrogen (secondary N) is 1. The molecule has 0 saturated heterocycles. The largest absolute Gasteiger partial charge is 0.508 e. The third-order valence-electron chi connectivity index (χ3n) is 1.78. The predicted octanol–water partition coefficient (Wildman–Crippen LogP) is -0.157. The Balaban J connectivity index is 2.78. The molecule has 0 fully saturated rings. The molecule has 16 heavy (non-hydrogen) atoms. The van der Waals surface area contributed by atoms with Crippen molar-refractivity contribution < 1.29 is 23.1 Å². The second-order valence-corrected chi connectivity index (χ2v) is 4.66. The Morgan fingerprint density at radius 2 is 1.94 bits per heavy atom. The van der Waals surface area contributed by atoms with Gasteiger partial charge in [-0.05, 0) is 24.3 Å². The molecule has 0 radical (unpaired) electrons. The van der Waals surface area contributed by atoms with Crippen LogP contribution in [-0.4, -0.2) is 33.1 Å². The molecule has 0 aliphatic carbocycles. The van der Waals surface area contributed by atoms with E-state index in [0.717, 1.165) is 7.11 Å². The molecular weight excluding hydrogens is 234 g/mol. The van der Waals surface area contributed by atoms with Crippen LogP contribution in [0.2, 0.25) is 0 Å². The van der Waals surface area contributed by atoms with E-state index >= 15 is 0 Å². The van der Waals surface area contributed by atoms with Gasteiger partial charge >= 0.3 is 5.97 Å². The Bertz CT molecular complexity index is 465. The van der Waals surface area contributed by atoms with Crippen LogP contribution in [-0.2, 0) is 19.6 Å². The summed E-state index contributed by atoms with van der Waals surface area (Å²) in [6.07, 6.45) is 0. The first-order chi connectivity index (χ1) is 7.45. The molecular formula is C9H11NO5S. The minimum absolute atomic E-state index is 0.0331. The fourth-order valence-electron chi connectivity index (χ4n) is 0.935. The van der Waals surface area contributed by atoms with Crippen molar-refractivity contribution in [3.63, 3.8) is 0 Å². The second-order valence-electron chi connectivity index (χ2n) is 2.89. The molecule has 6 nitrogen and oxygen atoms in total. The Hall–Kier alpha value is -1.60. The monoisotopic (exact) mass is 245 g/mol. The summed E-state index contributed by atoms with van der Waals surface area (Å²) in [5.41, 5.74) is 0. The van der Waals surface area contributed by atoms with Crippen LogP contribution in [0.1, 0.15) is 0 Å². The maximum atomic E-state index is 11.6. The van der Waals surface area contributed by atoms with E-state index in [1.807, 2.05) is 0 Å². The van der Waals surface area contributed by atoms with Gasteiger partial charge in [0.15, 0.2) is 0 Å². The second kappa shape index (κ2) is 4.95. The summed E-state index contributed by atoms with van der Waals surface area (Å²) >= 11 is 0. The van der Waals surface area contributed by atoms with Gasteiger partial charge in [0.2, 0.25) is 10.0 Å². The van der Waals surface area contributed by atoms with E-state index in [-0.39, 0.29) is 10.6 Å². The van der Waals surface area contributed by atoms with E-state index in [4.69, 9.17) is 5.11 Å². The summed E-state index contributed by atoms with van der Waals surface area (Å²) in [4.78, 5) is 10.7. The first-order valence-electron chi connectivity index (χ1n) is 4.31. The zero-order valence-corrected chi connectivity index (χ0v) is 9.32. The van der Waals surface area contributed by atoms with Gasteiger partial charge in [-0.1, -0.05) is 0 Å². The van der Waals surface area contributed by atoms with E-state index in [1.165, 1.54) is 24.3 Å². The van der Waals surface area contributed by atoms with Crippen molar-refractivity contribution in [3.8, 4) is 5.75 Å². The van der Waals surface area contributed by atoms with Crippen molar-refractivity contribution in [2.45, 2.75) is 4.90 Å². The van der Waals surface area contributed by atoms with Gasteiger partial charge in [-0.15, -0.1) is 0 Å². The lowest BCUT2D eigenvalue weighted by atomic mass is 10.3. The Labute approximate surface area is 92.9 Å². The van der Waals surface area contributed by atoms with Crippen LogP contribution >= 0.6 is 0 Å². The van der Waals surface area contributed by atoms with Gasteiger partial charge < -0.3 is 9.84 Å². The van der Waals surface area contributed by atoms with Gasteiger partial charge in [-0.25, -0.2) is 8.42 Å². The number of sulfonamides is 1. The van der Waals surface area contributed by atoms with E-state index in [2.05, 4.69) is 9.46 Å². The lowest BCUT2D eigenvalue weighted by Gasteiger charge is -2.05. The number of carbonyl (C=O) groups is 1. The van der Waals surface area contributed by atoms with E-state index in [9.17, 15) is 13.2 Å². The quantitative estimate of drug-likeness (QED) is 0.719. The molecule has 7 heteroatoms. The third kappa shape index (κ3) is 3.21. The van der Waals surface area contributed by atoms with Crippen LogP contribution in [0, 0.1) is 0 Å². The van der Waals surface area contributed by atoms with Crippen molar-refractivity contribution in [2.24, 2.45) is 0 Å². The van der Waals surface area contributed by atoms with Crippen LogP contribution in [0.5, 0.6) is 5.75 Å². The third-order valence-corrected chi connectivity index (χ3v) is 3.20. The minimum atomic E-state index is -3.74. The summed E-state index contributed by atoms with van der Waals surface area (Å²) in [6.45, 7) is -0.431. The summed E-state index contributed by atoms with van der Waals surface area (Å²) < 4.78 is 29.5. The highest BCUT2D eigenvalue weighted by Gasteiger charge is 2.15.